The first-order valence-corrected chi connectivity index (χ1v) is 13.9. The number of fused-ring (bicyclic) bond motifs is 3. The number of benzene rings is 1. The molecule has 15 nitrogen and oxygen atoms in total. The molecule has 5 aliphatic rings. The third-order valence-electron chi connectivity index (χ3n) is 7.68. The molecule has 6 rings (SSSR count). The molecule has 0 bridgehead atoms. The highest BCUT2D eigenvalue weighted by Crippen LogP contribution is 2.51. The number of hydrogen-bond donors (Lipinski definition) is 3. The van der Waals surface area contributed by atoms with E-state index in [9.17, 15) is 19.5 Å². The highest BCUT2D eigenvalue weighted by molar-refractivity contribution is 6.69. The van der Waals surface area contributed by atoms with Crippen LogP contribution in [0, 0.1) is 0 Å². The van der Waals surface area contributed by atoms with Crippen LogP contribution in [0.4, 0.5) is 0 Å². The van der Waals surface area contributed by atoms with Crippen LogP contribution in [0.3, 0.4) is 0 Å². The summed E-state index contributed by atoms with van der Waals surface area (Å²) >= 11 is 0. The summed E-state index contributed by atoms with van der Waals surface area (Å²) in [5, 5.41) is 13.9. The monoisotopic (exact) mass is 605 g/mol. The molecule has 0 saturated carbocycles. The van der Waals surface area contributed by atoms with Crippen LogP contribution in [0.5, 0.6) is 17.2 Å². The van der Waals surface area contributed by atoms with Gasteiger partial charge in [-0.1, -0.05) is 6.08 Å². The van der Waals surface area contributed by atoms with Gasteiger partial charge < -0.3 is 40.0 Å². The summed E-state index contributed by atoms with van der Waals surface area (Å²) in [5.41, 5.74) is 6.23. The number of aldehydes is 1. The SMILES string of the molecule is CCOC(=O)C1=C(C=O)C(=CCN2C=CNC2N2CN=C3C(=O)N=C(N)N=C32)c2c(cc3c(c2OC)CC(C(C)(C)O)O3)O1. The number of methoxy groups -OCH3 is 1. The second-order valence-corrected chi connectivity index (χ2v) is 10.9. The van der Waals surface area contributed by atoms with Gasteiger partial charge in [0.25, 0.3) is 0 Å². The zero-order chi connectivity index (χ0) is 31.3. The van der Waals surface area contributed by atoms with Gasteiger partial charge in [0.2, 0.25) is 11.7 Å². The van der Waals surface area contributed by atoms with Gasteiger partial charge in [0.1, 0.15) is 30.0 Å². The fraction of sp³-hybridized carbons (Fsp3) is 0.379. The van der Waals surface area contributed by atoms with Crippen molar-refractivity contribution in [3.05, 3.63) is 47.0 Å². The Kier molecular flexibility index (Phi) is 7.11. The van der Waals surface area contributed by atoms with E-state index in [4.69, 9.17) is 24.7 Å². The Balaban J connectivity index is 1.40. The third kappa shape index (κ3) is 4.74. The molecule has 5 heterocycles. The van der Waals surface area contributed by atoms with Gasteiger partial charge in [-0.25, -0.2) is 4.79 Å². The first-order chi connectivity index (χ1) is 21.0. The molecule has 4 N–H and O–H groups in total. The van der Waals surface area contributed by atoms with Gasteiger partial charge in [-0.05, 0) is 20.8 Å². The van der Waals surface area contributed by atoms with Gasteiger partial charge in [-0.15, -0.1) is 0 Å². The lowest BCUT2D eigenvalue weighted by Gasteiger charge is -2.34. The molecule has 0 spiro atoms. The first-order valence-electron chi connectivity index (χ1n) is 13.9. The normalized spacial score (nSPS) is 22.8. The first kappa shape index (κ1) is 28.9. The molecular weight excluding hydrogens is 574 g/mol. The molecule has 1 aromatic rings. The third-order valence-corrected chi connectivity index (χ3v) is 7.68. The minimum atomic E-state index is -1.15. The molecule has 1 aromatic carbocycles. The molecule has 0 aliphatic carbocycles. The van der Waals surface area contributed by atoms with Crippen LogP contribution in [0.1, 0.15) is 31.9 Å². The molecule has 2 atom stereocenters. The number of carbonyl (C=O) groups is 3. The van der Waals surface area contributed by atoms with Crippen molar-refractivity contribution >= 4 is 41.2 Å². The largest absolute Gasteiger partial charge is 0.496 e. The molecular formula is C29H31N7O8. The molecule has 1 amide bonds. The van der Waals surface area contributed by atoms with E-state index in [2.05, 4.69) is 20.3 Å². The fourth-order valence-electron chi connectivity index (χ4n) is 5.60. The number of aliphatic hydroxyl groups is 1. The number of nitrogens with zero attached hydrogens (tertiary/aromatic N) is 5. The Morgan fingerprint density at radius 1 is 1.32 bits per heavy atom. The topological polar surface area (TPSA) is 190 Å². The molecule has 15 heteroatoms. The lowest BCUT2D eigenvalue weighted by Crippen LogP contribution is -2.53. The molecule has 44 heavy (non-hydrogen) atoms. The maximum atomic E-state index is 13.0. The van der Waals surface area contributed by atoms with Crippen LogP contribution in [-0.4, -0.2) is 95.5 Å². The summed E-state index contributed by atoms with van der Waals surface area (Å²) in [4.78, 5) is 53.7. The Morgan fingerprint density at radius 3 is 2.82 bits per heavy atom. The molecule has 0 radical (unpaired) electrons. The number of guanidine groups is 1. The van der Waals surface area contributed by atoms with E-state index < -0.39 is 29.9 Å². The van der Waals surface area contributed by atoms with Gasteiger partial charge >= 0.3 is 11.9 Å². The number of nitrogens with two attached hydrogens (primary N) is 1. The number of rotatable bonds is 8. The number of carbonyl (C=O) groups excluding carboxylic acids is 3. The molecule has 0 aromatic heterocycles. The molecule has 0 fully saturated rings. The van der Waals surface area contributed by atoms with E-state index in [1.165, 1.54) is 7.11 Å². The van der Waals surface area contributed by atoms with Gasteiger partial charge in [0.15, 0.2) is 24.1 Å². The number of allylic oxidation sites excluding steroid dienone is 2. The van der Waals surface area contributed by atoms with Crippen LogP contribution in [0.25, 0.3) is 5.57 Å². The lowest BCUT2D eigenvalue weighted by atomic mass is 9.89. The van der Waals surface area contributed by atoms with E-state index in [0.29, 0.717) is 46.7 Å². The fourth-order valence-corrected chi connectivity index (χ4v) is 5.60. The van der Waals surface area contributed by atoms with Crippen LogP contribution < -0.4 is 25.3 Å². The second kappa shape index (κ2) is 10.8. The summed E-state index contributed by atoms with van der Waals surface area (Å²) in [6.07, 6.45) is 5.11. The molecule has 0 saturated heterocycles. The highest BCUT2D eigenvalue weighted by atomic mass is 16.6. The standard InChI is InChI=1S/C29H31N7O8/c1-5-42-26(39)23-16(12-37)14(20-18(44-23)11-17-15(22(20)41-4)10-19(43-17)29(2,3)40)6-8-35-9-7-31-28(35)36-13-32-21-24(36)33-27(30)34-25(21)38/h6-7,9,11-12,19,28,31,40H,5,8,10,13H2,1-4H3,(H2,30,34,38). The van der Waals surface area contributed by atoms with Crippen molar-refractivity contribution in [2.24, 2.45) is 20.7 Å². The predicted molar refractivity (Wildman–Crippen MR) is 157 cm³/mol. The van der Waals surface area contributed by atoms with E-state index in [0.717, 1.165) is 0 Å². The maximum Gasteiger partial charge on any atom is 0.375 e. The smallest absolute Gasteiger partial charge is 0.375 e. The van der Waals surface area contributed by atoms with E-state index >= 15 is 0 Å². The number of ether oxygens (including phenoxy) is 4. The number of hydrogen-bond acceptors (Lipinski definition) is 14. The number of amidine groups is 1. The summed E-state index contributed by atoms with van der Waals surface area (Å²) in [5.74, 6) is -0.427. The van der Waals surface area contributed by atoms with Crippen LogP contribution in [-0.2, 0) is 25.5 Å². The van der Waals surface area contributed by atoms with Gasteiger partial charge in [-0.2, -0.15) is 9.98 Å². The minimum absolute atomic E-state index is 0.0159. The van der Waals surface area contributed by atoms with Gasteiger partial charge in [-0.3, -0.25) is 19.5 Å². The Labute approximate surface area is 252 Å². The average Bonchev–Trinajstić information content (AvgIpc) is 3.72. The van der Waals surface area contributed by atoms with Crippen molar-refractivity contribution in [1.29, 1.82) is 0 Å². The van der Waals surface area contributed by atoms with Crippen LogP contribution >= 0.6 is 0 Å². The number of aliphatic imine (C=N–C) groups is 3. The quantitative estimate of drug-likeness (QED) is 0.270. The second-order valence-electron chi connectivity index (χ2n) is 10.9. The van der Waals surface area contributed by atoms with Crippen molar-refractivity contribution in [2.45, 2.75) is 45.2 Å². The lowest BCUT2D eigenvalue weighted by molar-refractivity contribution is -0.141. The van der Waals surface area contributed by atoms with Crippen molar-refractivity contribution in [1.82, 2.24) is 15.1 Å². The summed E-state index contributed by atoms with van der Waals surface area (Å²) < 4.78 is 23.1. The van der Waals surface area contributed by atoms with E-state index in [1.807, 2.05) is 4.90 Å². The Morgan fingerprint density at radius 2 is 2.11 bits per heavy atom. The summed E-state index contributed by atoms with van der Waals surface area (Å²) in [6, 6.07) is 1.63. The van der Waals surface area contributed by atoms with E-state index in [-0.39, 0.29) is 48.6 Å². The van der Waals surface area contributed by atoms with Crippen molar-refractivity contribution in [3.63, 3.8) is 0 Å². The molecule has 2 unspecified atom stereocenters. The van der Waals surface area contributed by atoms with Crippen LogP contribution in [0.15, 0.2) is 50.9 Å². The average molecular weight is 606 g/mol. The zero-order valence-electron chi connectivity index (χ0n) is 24.5. The van der Waals surface area contributed by atoms with Crippen molar-refractivity contribution < 1.29 is 38.4 Å². The minimum Gasteiger partial charge on any atom is -0.496 e. The number of nitrogens with one attached hydrogen (secondary N) is 1. The van der Waals surface area contributed by atoms with E-state index in [1.54, 1.807) is 50.2 Å². The molecule has 5 aliphatic heterocycles. The summed E-state index contributed by atoms with van der Waals surface area (Å²) in [6.45, 7) is 5.39. The van der Waals surface area contributed by atoms with Gasteiger partial charge in [0.05, 0.1) is 30.5 Å². The van der Waals surface area contributed by atoms with Crippen LogP contribution in [0.2, 0.25) is 0 Å². The van der Waals surface area contributed by atoms with Crippen molar-refractivity contribution in [2.75, 3.05) is 26.9 Å². The molecule has 230 valence electrons. The van der Waals surface area contributed by atoms with Crippen molar-refractivity contribution in [3.8, 4) is 17.2 Å². The Hall–Kier alpha value is -5.18. The van der Waals surface area contributed by atoms with Gasteiger partial charge in [0, 0.05) is 42.6 Å². The predicted octanol–water partition coefficient (Wildman–Crippen LogP) is 0.189. The maximum absolute atomic E-state index is 13.0. The zero-order valence-corrected chi connectivity index (χ0v) is 24.5. The Bertz CT molecular complexity index is 1650. The summed E-state index contributed by atoms with van der Waals surface area (Å²) in [7, 11) is 1.49. The highest BCUT2D eigenvalue weighted by Gasteiger charge is 2.42. The number of esters is 1. The number of amides is 1.